The quantitative estimate of drug-likeness (QED) is 0.724. The summed E-state index contributed by atoms with van der Waals surface area (Å²) in [5, 5.41) is 18.0. The van der Waals surface area contributed by atoms with E-state index < -0.39 is 24.0 Å². The third-order valence-corrected chi connectivity index (χ3v) is 3.10. The Kier molecular flexibility index (Phi) is 3.68. The number of hydrogen-bond donors (Lipinski definition) is 2. The fraction of sp³-hybridized carbons (Fsp3) is 0.800. The summed E-state index contributed by atoms with van der Waals surface area (Å²) in [5.41, 5.74) is 0. The summed E-state index contributed by atoms with van der Waals surface area (Å²) in [6.07, 6.45) is 1.61. The van der Waals surface area contributed by atoms with E-state index in [1.54, 1.807) is 4.90 Å². The first-order chi connectivity index (χ1) is 6.99. The van der Waals surface area contributed by atoms with Crippen molar-refractivity contribution in [2.75, 3.05) is 0 Å². The summed E-state index contributed by atoms with van der Waals surface area (Å²) in [4.78, 5) is 23.5. The number of rotatable bonds is 4. The molecule has 5 heteroatoms. The number of aliphatic carboxylic acids is 2. The Morgan fingerprint density at radius 2 is 1.67 bits per heavy atom. The average Bonchev–Trinajstić information content (AvgIpc) is 2.60. The van der Waals surface area contributed by atoms with E-state index in [9.17, 15) is 9.59 Å². The maximum Gasteiger partial charge on any atom is 0.320 e. The summed E-state index contributed by atoms with van der Waals surface area (Å²) in [6.45, 7) is 3.80. The molecule has 0 aromatic carbocycles. The SMILES string of the molecule is CCC(C)N1C(C(=O)O)CCC1C(=O)O. The lowest BCUT2D eigenvalue weighted by atomic mass is 10.1. The first kappa shape index (κ1) is 12.0. The molecule has 1 rings (SSSR count). The lowest BCUT2D eigenvalue weighted by molar-refractivity contribution is -0.148. The molecule has 0 aromatic heterocycles. The molecule has 0 aromatic rings. The van der Waals surface area contributed by atoms with Gasteiger partial charge in [0.25, 0.3) is 0 Å². The van der Waals surface area contributed by atoms with Gasteiger partial charge in [0.15, 0.2) is 0 Å². The molecule has 1 fully saturated rings. The maximum atomic E-state index is 11.0. The van der Waals surface area contributed by atoms with Crippen molar-refractivity contribution < 1.29 is 19.8 Å². The molecule has 0 saturated carbocycles. The van der Waals surface area contributed by atoms with Gasteiger partial charge in [-0.2, -0.15) is 0 Å². The minimum Gasteiger partial charge on any atom is -0.480 e. The zero-order chi connectivity index (χ0) is 11.6. The molecular weight excluding hydrogens is 198 g/mol. The Labute approximate surface area is 88.7 Å². The van der Waals surface area contributed by atoms with Crippen LogP contribution in [-0.4, -0.2) is 45.2 Å². The van der Waals surface area contributed by atoms with Crippen LogP contribution in [0.1, 0.15) is 33.1 Å². The van der Waals surface area contributed by atoms with Gasteiger partial charge < -0.3 is 10.2 Å². The van der Waals surface area contributed by atoms with Crippen LogP contribution in [0.3, 0.4) is 0 Å². The minimum atomic E-state index is -0.918. The Morgan fingerprint density at radius 3 is 1.93 bits per heavy atom. The van der Waals surface area contributed by atoms with Gasteiger partial charge in [0.1, 0.15) is 12.1 Å². The first-order valence-corrected chi connectivity index (χ1v) is 5.22. The first-order valence-electron chi connectivity index (χ1n) is 5.22. The molecule has 1 aliphatic rings. The van der Waals surface area contributed by atoms with Crippen molar-refractivity contribution in [2.24, 2.45) is 0 Å². The largest absolute Gasteiger partial charge is 0.480 e. The van der Waals surface area contributed by atoms with Crippen LogP contribution in [-0.2, 0) is 9.59 Å². The Hall–Kier alpha value is -1.10. The highest BCUT2D eigenvalue weighted by Crippen LogP contribution is 2.28. The van der Waals surface area contributed by atoms with E-state index >= 15 is 0 Å². The number of hydrogen-bond acceptors (Lipinski definition) is 3. The third kappa shape index (κ3) is 2.28. The van der Waals surface area contributed by atoms with Crippen molar-refractivity contribution >= 4 is 11.9 Å². The van der Waals surface area contributed by atoms with Crippen LogP contribution in [0.25, 0.3) is 0 Å². The van der Waals surface area contributed by atoms with Gasteiger partial charge in [-0.25, -0.2) is 0 Å². The highest BCUT2D eigenvalue weighted by atomic mass is 16.4. The van der Waals surface area contributed by atoms with Crippen LogP contribution in [0, 0.1) is 0 Å². The molecule has 3 unspecified atom stereocenters. The second kappa shape index (κ2) is 4.61. The van der Waals surface area contributed by atoms with Gasteiger partial charge in [0.2, 0.25) is 0 Å². The fourth-order valence-electron chi connectivity index (χ4n) is 2.16. The van der Waals surface area contributed by atoms with Gasteiger partial charge in [0, 0.05) is 6.04 Å². The van der Waals surface area contributed by atoms with Crippen LogP contribution in [0.5, 0.6) is 0 Å². The van der Waals surface area contributed by atoms with Crippen LogP contribution in [0.2, 0.25) is 0 Å². The smallest absolute Gasteiger partial charge is 0.320 e. The molecule has 1 saturated heterocycles. The number of carboxylic acids is 2. The van der Waals surface area contributed by atoms with Crippen molar-refractivity contribution in [3.63, 3.8) is 0 Å². The molecule has 2 N–H and O–H groups in total. The zero-order valence-electron chi connectivity index (χ0n) is 9.01. The molecule has 1 aliphatic heterocycles. The Bertz CT molecular complexity index is 244. The highest BCUT2D eigenvalue weighted by molar-refractivity contribution is 5.79. The molecule has 5 nitrogen and oxygen atoms in total. The standard InChI is InChI=1S/C10H17NO4/c1-3-6(2)11-7(9(12)13)4-5-8(11)10(14)15/h6-8H,3-5H2,1-2H3,(H,12,13)(H,14,15). The van der Waals surface area contributed by atoms with Crippen LogP contribution in [0.4, 0.5) is 0 Å². The monoisotopic (exact) mass is 215 g/mol. The molecule has 0 aliphatic carbocycles. The fourth-order valence-corrected chi connectivity index (χ4v) is 2.16. The molecular formula is C10H17NO4. The Morgan fingerprint density at radius 1 is 1.27 bits per heavy atom. The maximum absolute atomic E-state index is 11.0. The Balaban J connectivity index is 2.87. The average molecular weight is 215 g/mol. The summed E-state index contributed by atoms with van der Waals surface area (Å²) in [5.74, 6) is -1.84. The van der Waals surface area contributed by atoms with E-state index in [1.807, 2.05) is 13.8 Å². The summed E-state index contributed by atoms with van der Waals surface area (Å²) < 4.78 is 0. The summed E-state index contributed by atoms with van der Waals surface area (Å²) >= 11 is 0. The molecule has 0 radical (unpaired) electrons. The molecule has 0 bridgehead atoms. The molecule has 0 amide bonds. The second-order valence-corrected chi connectivity index (χ2v) is 3.99. The third-order valence-electron chi connectivity index (χ3n) is 3.10. The van der Waals surface area contributed by atoms with Crippen molar-refractivity contribution in [3.8, 4) is 0 Å². The molecule has 1 heterocycles. The molecule has 15 heavy (non-hydrogen) atoms. The number of nitrogens with zero attached hydrogens (tertiary/aromatic N) is 1. The van der Waals surface area contributed by atoms with E-state index in [2.05, 4.69) is 0 Å². The van der Waals surface area contributed by atoms with Crippen molar-refractivity contribution in [1.82, 2.24) is 4.90 Å². The van der Waals surface area contributed by atoms with Crippen molar-refractivity contribution in [1.29, 1.82) is 0 Å². The number of likely N-dealkylation sites (tertiary alicyclic amines) is 1. The van der Waals surface area contributed by atoms with Gasteiger partial charge >= 0.3 is 11.9 Å². The van der Waals surface area contributed by atoms with E-state index in [0.717, 1.165) is 6.42 Å². The number of carbonyl (C=O) groups is 2. The lowest BCUT2D eigenvalue weighted by Crippen LogP contribution is -2.48. The minimum absolute atomic E-state index is 0.00491. The van der Waals surface area contributed by atoms with E-state index in [-0.39, 0.29) is 6.04 Å². The van der Waals surface area contributed by atoms with Crippen molar-refractivity contribution in [2.45, 2.75) is 51.2 Å². The highest BCUT2D eigenvalue weighted by Gasteiger charge is 2.43. The number of carboxylic acid groups (broad SMARTS) is 2. The molecule has 86 valence electrons. The normalized spacial score (nSPS) is 28.9. The second-order valence-electron chi connectivity index (χ2n) is 3.99. The predicted molar refractivity (Wildman–Crippen MR) is 53.7 cm³/mol. The van der Waals surface area contributed by atoms with Gasteiger partial charge in [0.05, 0.1) is 0 Å². The molecule has 3 atom stereocenters. The van der Waals surface area contributed by atoms with Crippen LogP contribution >= 0.6 is 0 Å². The van der Waals surface area contributed by atoms with Gasteiger partial charge in [-0.15, -0.1) is 0 Å². The zero-order valence-corrected chi connectivity index (χ0v) is 9.01. The molecule has 0 spiro atoms. The lowest BCUT2D eigenvalue weighted by Gasteiger charge is -2.31. The predicted octanol–water partition coefficient (Wildman–Crippen LogP) is 0.787. The van der Waals surface area contributed by atoms with E-state index in [0.29, 0.717) is 12.8 Å². The van der Waals surface area contributed by atoms with E-state index in [1.165, 1.54) is 0 Å². The van der Waals surface area contributed by atoms with Gasteiger partial charge in [-0.05, 0) is 26.2 Å². The topological polar surface area (TPSA) is 77.8 Å². The van der Waals surface area contributed by atoms with E-state index in [4.69, 9.17) is 10.2 Å². The summed E-state index contributed by atoms with van der Waals surface area (Å²) in [7, 11) is 0. The van der Waals surface area contributed by atoms with Gasteiger partial charge in [-0.1, -0.05) is 6.92 Å². The van der Waals surface area contributed by atoms with Crippen LogP contribution < -0.4 is 0 Å². The van der Waals surface area contributed by atoms with Crippen LogP contribution in [0.15, 0.2) is 0 Å². The van der Waals surface area contributed by atoms with Gasteiger partial charge in [-0.3, -0.25) is 14.5 Å². The van der Waals surface area contributed by atoms with Crippen molar-refractivity contribution in [3.05, 3.63) is 0 Å². The summed E-state index contributed by atoms with van der Waals surface area (Å²) in [6, 6.07) is -1.28.